The molecule has 84 valence electrons. The van der Waals surface area contributed by atoms with Crippen LogP contribution in [0.15, 0.2) is 18.2 Å². The first kappa shape index (κ1) is 11.0. The molecular formula is C13H16N2O. The Kier molecular flexibility index (Phi) is 3.43. The molecule has 1 aromatic carbocycles. The third-order valence-electron chi connectivity index (χ3n) is 2.90. The summed E-state index contributed by atoms with van der Waals surface area (Å²) in [7, 11) is 0. The maximum absolute atomic E-state index is 8.82. The van der Waals surface area contributed by atoms with Gasteiger partial charge in [-0.1, -0.05) is 0 Å². The van der Waals surface area contributed by atoms with Crippen molar-refractivity contribution in [3.05, 3.63) is 29.3 Å². The molecule has 0 saturated carbocycles. The Balaban J connectivity index is 1.94. The zero-order valence-corrected chi connectivity index (χ0v) is 9.49. The van der Waals surface area contributed by atoms with E-state index in [4.69, 9.17) is 10.00 Å². The molecule has 0 aromatic heterocycles. The van der Waals surface area contributed by atoms with Crippen molar-refractivity contribution < 1.29 is 4.74 Å². The summed E-state index contributed by atoms with van der Waals surface area (Å²) in [5.74, 6) is 0. The number of aryl methyl sites for hydroxylation is 1. The van der Waals surface area contributed by atoms with Crippen LogP contribution in [0.2, 0.25) is 0 Å². The zero-order valence-electron chi connectivity index (χ0n) is 9.49. The summed E-state index contributed by atoms with van der Waals surface area (Å²) in [5, 5.41) is 12.2. The number of nitriles is 1. The van der Waals surface area contributed by atoms with E-state index in [0.717, 1.165) is 36.4 Å². The summed E-state index contributed by atoms with van der Waals surface area (Å²) in [4.78, 5) is 0. The van der Waals surface area contributed by atoms with Gasteiger partial charge in [-0.2, -0.15) is 5.26 Å². The highest BCUT2D eigenvalue weighted by molar-refractivity contribution is 5.51. The van der Waals surface area contributed by atoms with Crippen LogP contribution in [0.5, 0.6) is 0 Å². The quantitative estimate of drug-likeness (QED) is 0.844. The van der Waals surface area contributed by atoms with Gasteiger partial charge in [0.25, 0.3) is 0 Å². The maximum atomic E-state index is 8.82. The van der Waals surface area contributed by atoms with Gasteiger partial charge in [-0.25, -0.2) is 0 Å². The smallest absolute Gasteiger partial charge is 0.0994 e. The number of rotatable bonds is 3. The van der Waals surface area contributed by atoms with Gasteiger partial charge in [0.2, 0.25) is 0 Å². The number of ether oxygens (including phenoxy) is 1. The molecule has 1 aromatic rings. The minimum Gasteiger partial charge on any atom is -0.382 e. The van der Waals surface area contributed by atoms with Crippen molar-refractivity contribution in [2.75, 3.05) is 18.5 Å². The van der Waals surface area contributed by atoms with Crippen LogP contribution in [0.4, 0.5) is 5.69 Å². The Labute approximate surface area is 96.0 Å². The van der Waals surface area contributed by atoms with Gasteiger partial charge in [0.15, 0.2) is 0 Å². The highest BCUT2D eigenvalue weighted by Crippen LogP contribution is 2.16. The molecule has 0 spiro atoms. The lowest BCUT2D eigenvalue weighted by Gasteiger charge is -2.12. The van der Waals surface area contributed by atoms with Crippen LogP contribution >= 0.6 is 0 Å². The molecule has 0 amide bonds. The van der Waals surface area contributed by atoms with Crippen LogP contribution in [0.25, 0.3) is 0 Å². The van der Waals surface area contributed by atoms with Crippen LogP contribution in [0.1, 0.15) is 24.0 Å². The first-order valence-electron chi connectivity index (χ1n) is 5.66. The lowest BCUT2D eigenvalue weighted by molar-refractivity contribution is 0.120. The van der Waals surface area contributed by atoms with E-state index in [2.05, 4.69) is 11.4 Å². The van der Waals surface area contributed by atoms with Gasteiger partial charge in [-0.15, -0.1) is 0 Å². The molecule has 0 radical (unpaired) electrons. The second kappa shape index (κ2) is 5.00. The Morgan fingerprint density at radius 1 is 1.56 bits per heavy atom. The predicted octanol–water partition coefficient (Wildman–Crippen LogP) is 2.46. The fourth-order valence-corrected chi connectivity index (χ4v) is 1.94. The number of hydrogen-bond acceptors (Lipinski definition) is 3. The molecule has 2 rings (SSSR count). The highest BCUT2D eigenvalue weighted by atomic mass is 16.5. The van der Waals surface area contributed by atoms with Crippen LogP contribution in [0.3, 0.4) is 0 Å². The number of hydrogen-bond donors (Lipinski definition) is 1. The average Bonchev–Trinajstić information content (AvgIpc) is 2.79. The molecule has 0 aliphatic carbocycles. The summed E-state index contributed by atoms with van der Waals surface area (Å²) < 4.78 is 5.53. The first-order valence-corrected chi connectivity index (χ1v) is 5.66. The standard InChI is InChI=1S/C13H16N2O/c1-10-7-12(5-4-11(10)8-14)15-9-13-3-2-6-16-13/h4-5,7,13,15H,2-3,6,9H2,1H3. The molecule has 1 aliphatic rings. The lowest BCUT2D eigenvalue weighted by Crippen LogP contribution is -2.18. The Hall–Kier alpha value is -1.53. The van der Waals surface area contributed by atoms with Gasteiger partial charge in [-0.3, -0.25) is 0 Å². The van der Waals surface area contributed by atoms with Crippen LogP contribution in [-0.2, 0) is 4.74 Å². The minimum absolute atomic E-state index is 0.343. The molecule has 1 atom stereocenters. The lowest BCUT2D eigenvalue weighted by atomic mass is 10.1. The fraction of sp³-hybridized carbons (Fsp3) is 0.462. The molecule has 0 bridgehead atoms. The second-order valence-electron chi connectivity index (χ2n) is 4.16. The highest BCUT2D eigenvalue weighted by Gasteiger charge is 2.14. The minimum atomic E-state index is 0.343. The SMILES string of the molecule is Cc1cc(NCC2CCCO2)ccc1C#N. The number of nitrogens with zero attached hydrogens (tertiary/aromatic N) is 1. The molecule has 3 heteroatoms. The Bertz CT molecular complexity index is 403. The molecule has 1 unspecified atom stereocenters. The molecular weight excluding hydrogens is 200 g/mol. The van der Waals surface area contributed by atoms with Crippen molar-refractivity contribution in [3.63, 3.8) is 0 Å². The van der Waals surface area contributed by atoms with Crippen LogP contribution in [0, 0.1) is 18.3 Å². The zero-order chi connectivity index (χ0) is 11.4. The van der Waals surface area contributed by atoms with Crippen molar-refractivity contribution >= 4 is 5.69 Å². The van der Waals surface area contributed by atoms with E-state index in [1.807, 2.05) is 25.1 Å². The third kappa shape index (κ3) is 2.53. The van der Waals surface area contributed by atoms with E-state index in [1.54, 1.807) is 0 Å². The number of benzene rings is 1. The number of nitrogens with one attached hydrogen (secondary N) is 1. The molecule has 1 fully saturated rings. The monoisotopic (exact) mass is 216 g/mol. The van der Waals surface area contributed by atoms with E-state index in [-0.39, 0.29) is 0 Å². The van der Waals surface area contributed by atoms with Crippen molar-refractivity contribution in [1.82, 2.24) is 0 Å². The van der Waals surface area contributed by atoms with E-state index in [9.17, 15) is 0 Å². The van der Waals surface area contributed by atoms with Gasteiger partial charge >= 0.3 is 0 Å². The van der Waals surface area contributed by atoms with Gasteiger partial charge < -0.3 is 10.1 Å². The van der Waals surface area contributed by atoms with Crippen LogP contribution < -0.4 is 5.32 Å². The van der Waals surface area contributed by atoms with E-state index < -0.39 is 0 Å². The summed E-state index contributed by atoms with van der Waals surface area (Å²) in [5.41, 5.74) is 2.81. The van der Waals surface area contributed by atoms with Crippen LogP contribution in [-0.4, -0.2) is 19.3 Å². The summed E-state index contributed by atoms with van der Waals surface area (Å²) in [6, 6.07) is 7.97. The van der Waals surface area contributed by atoms with Crippen molar-refractivity contribution in [2.24, 2.45) is 0 Å². The normalized spacial score (nSPS) is 19.4. The average molecular weight is 216 g/mol. The van der Waals surface area contributed by atoms with Crippen molar-refractivity contribution in [3.8, 4) is 6.07 Å². The maximum Gasteiger partial charge on any atom is 0.0994 e. The molecule has 3 nitrogen and oxygen atoms in total. The third-order valence-corrected chi connectivity index (χ3v) is 2.90. The van der Waals surface area contributed by atoms with E-state index >= 15 is 0 Å². The van der Waals surface area contributed by atoms with Gasteiger partial charge in [-0.05, 0) is 43.5 Å². The summed E-state index contributed by atoms with van der Waals surface area (Å²) in [6.07, 6.45) is 2.65. The molecule has 1 heterocycles. The van der Waals surface area contributed by atoms with E-state index in [0.29, 0.717) is 6.10 Å². The Morgan fingerprint density at radius 3 is 3.06 bits per heavy atom. The van der Waals surface area contributed by atoms with Gasteiger partial charge in [0.05, 0.1) is 17.7 Å². The molecule has 1 N–H and O–H groups in total. The first-order chi connectivity index (χ1) is 7.79. The Morgan fingerprint density at radius 2 is 2.44 bits per heavy atom. The fourth-order valence-electron chi connectivity index (χ4n) is 1.94. The second-order valence-corrected chi connectivity index (χ2v) is 4.16. The summed E-state index contributed by atoms with van der Waals surface area (Å²) >= 11 is 0. The largest absolute Gasteiger partial charge is 0.382 e. The van der Waals surface area contributed by atoms with Gasteiger partial charge in [0.1, 0.15) is 0 Å². The number of anilines is 1. The topological polar surface area (TPSA) is 45.0 Å². The molecule has 16 heavy (non-hydrogen) atoms. The predicted molar refractivity (Wildman–Crippen MR) is 63.4 cm³/mol. The van der Waals surface area contributed by atoms with E-state index in [1.165, 1.54) is 6.42 Å². The molecule has 1 aliphatic heterocycles. The molecule has 1 saturated heterocycles. The summed E-state index contributed by atoms with van der Waals surface area (Å²) in [6.45, 7) is 3.69. The van der Waals surface area contributed by atoms with Gasteiger partial charge in [0, 0.05) is 18.8 Å². The van der Waals surface area contributed by atoms with Crippen molar-refractivity contribution in [2.45, 2.75) is 25.9 Å². The van der Waals surface area contributed by atoms with Crippen molar-refractivity contribution in [1.29, 1.82) is 5.26 Å².